The summed E-state index contributed by atoms with van der Waals surface area (Å²) in [5.74, 6) is -0.681. The third kappa shape index (κ3) is 5.82. The van der Waals surface area contributed by atoms with Gasteiger partial charge in [-0.2, -0.15) is 0 Å². The number of ether oxygens (including phenoxy) is 1. The summed E-state index contributed by atoms with van der Waals surface area (Å²) in [6.07, 6.45) is 4.91. The first kappa shape index (κ1) is 23.7. The summed E-state index contributed by atoms with van der Waals surface area (Å²) in [5.41, 5.74) is 2.54. The number of esters is 1. The SMILES string of the molecule is COC(=O)c1ccc(NC(=O)N(S)C(C(=O)Nc2ccccc2C)C2CCCCC2)cc1. The van der Waals surface area contributed by atoms with Gasteiger partial charge in [-0.15, -0.1) is 0 Å². The van der Waals surface area contributed by atoms with E-state index in [1.54, 1.807) is 24.3 Å². The zero-order valence-corrected chi connectivity index (χ0v) is 19.2. The highest BCUT2D eigenvalue weighted by Gasteiger charge is 2.36. The Morgan fingerprint density at radius 1 is 1.00 bits per heavy atom. The third-order valence-corrected chi connectivity index (χ3v) is 6.23. The molecule has 3 amide bonds. The monoisotopic (exact) mass is 455 g/mol. The van der Waals surface area contributed by atoms with E-state index in [1.165, 1.54) is 11.4 Å². The number of urea groups is 1. The molecule has 2 aromatic rings. The standard InChI is InChI=1S/C24H29N3O4S/c1-16-8-6-7-11-20(16)26-22(28)21(17-9-4-3-5-10-17)27(32)24(30)25-19-14-12-18(13-15-19)23(29)31-2/h6-8,11-15,17,21,32H,3-5,9-10H2,1-2H3,(H,25,30)(H,26,28). The molecule has 0 aromatic heterocycles. The van der Waals surface area contributed by atoms with E-state index in [1.807, 2.05) is 31.2 Å². The minimum atomic E-state index is -0.715. The van der Waals surface area contributed by atoms with Crippen LogP contribution in [0.1, 0.15) is 48.0 Å². The van der Waals surface area contributed by atoms with Gasteiger partial charge in [0.25, 0.3) is 0 Å². The number of rotatable bonds is 6. The smallest absolute Gasteiger partial charge is 0.337 e. The van der Waals surface area contributed by atoms with E-state index in [-0.39, 0.29) is 11.8 Å². The average molecular weight is 456 g/mol. The van der Waals surface area contributed by atoms with Crippen molar-refractivity contribution in [3.05, 3.63) is 59.7 Å². The molecule has 1 atom stereocenters. The lowest BCUT2D eigenvalue weighted by molar-refractivity contribution is -0.120. The summed E-state index contributed by atoms with van der Waals surface area (Å²) in [6, 6.07) is 12.7. The van der Waals surface area contributed by atoms with Gasteiger partial charge in [-0.1, -0.05) is 50.3 Å². The number of para-hydroxylation sites is 1. The van der Waals surface area contributed by atoms with Crippen LogP contribution in [0, 0.1) is 12.8 Å². The molecule has 0 bridgehead atoms. The van der Waals surface area contributed by atoms with Crippen LogP contribution < -0.4 is 10.6 Å². The molecule has 2 aromatic carbocycles. The molecule has 170 valence electrons. The van der Waals surface area contributed by atoms with Crippen molar-refractivity contribution in [2.75, 3.05) is 17.7 Å². The Morgan fingerprint density at radius 2 is 1.66 bits per heavy atom. The van der Waals surface area contributed by atoms with Gasteiger partial charge < -0.3 is 15.4 Å². The summed E-state index contributed by atoms with van der Waals surface area (Å²) in [6.45, 7) is 1.92. The van der Waals surface area contributed by atoms with Crippen LogP contribution in [0.3, 0.4) is 0 Å². The predicted molar refractivity (Wildman–Crippen MR) is 128 cm³/mol. The van der Waals surface area contributed by atoms with E-state index in [4.69, 9.17) is 0 Å². The highest BCUT2D eigenvalue weighted by molar-refractivity contribution is 7.78. The number of carbonyl (C=O) groups is 3. The van der Waals surface area contributed by atoms with Crippen molar-refractivity contribution in [2.24, 2.45) is 5.92 Å². The number of anilines is 2. The molecule has 1 saturated carbocycles. The van der Waals surface area contributed by atoms with Gasteiger partial charge in [0, 0.05) is 11.4 Å². The molecule has 8 heteroatoms. The van der Waals surface area contributed by atoms with Crippen molar-refractivity contribution in [3.8, 4) is 0 Å². The molecule has 0 aliphatic heterocycles. The van der Waals surface area contributed by atoms with Crippen LogP contribution in [0.25, 0.3) is 0 Å². The summed E-state index contributed by atoms with van der Waals surface area (Å²) in [7, 11) is 1.31. The average Bonchev–Trinajstić information content (AvgIpc) is 2.81. The Kier molecular flexibility index (Phi) is 8.16. The maximum Gasteiger partial charge on any atom is 0.337 e. The molecule has 0 spiro atoms. The molecule has 3 rings (SSSR count). The number of benzene rings is 2. The lowest BCUT2D eigenvalue weighted by atomic mass is 9.83. The van der Waals surface area contributed by atoms with Gasteiger partial charge >= 0.3 is 12.0 Å². The molecule has 1 unspecified atom stereocenters. The second-order valence-electron chi connectivity index (χ2n) is 7.99. The lowest BCUT2D eigenvalue weighted by Gasteiger charge is -2.34. The van der Waals surface area contributed by atoms with Crippen LogP contribution in [-0.4, -0.2) is 35.4 Å². The summed E-state index contributed by atoms with van der Waals surface area (Å²) < 4.78 is 5.88. The first-order valence-corrected chi connectivity index (χ1v) is 11.1. The fraction of sp³-hybridized carbons (Fsp3) is 0.375. The molecule has 1 aliphatic rings. The molecule has 1 aliphatic carbocycles. The second kappa shape index (κ2) is 11.0. The van der Waals surface area contributed by atoms with Gasteiger partial charge in [0.15, 0.2) is 0 Å². The van der Waals surface area contributed by atoms with Crippen LogP contribution in [-0.2, 0) is 9.53 Å². The minimum Gasteiger partial charge on any atom is -0.465 e. The minimum absolute atomic E-state index is 0.0257. The Balaban J connectivity index is 1.75. The highest BCUT2D eigenvalue weighted by Crippen LogP contribution is 2.31. The summed E-state index contributed by atoms with van der Waals surface area (Å²) in [4.78, 5) is 37.8. The van der Waals surface area contributed by atoms with Crippen molar-refractivity contribution in [1.82, 2.24) is 4.31 Å². The van der Waals surface area contributed by atoms with Crippen molar-refractivity contribution in [3.63, 3.8) is 0 Å². The number of thiol groups is 1. The van der Waals surface area contributed by atoms with Crippen LogP contribution in [0.4, 0.5) is 16.2 Å². The molecule has 32 heavy (non-hydrogen) atoms. The van der Waals surface area contributed by atoms with Crippen LogP contribution in [0.5, 0.6) is 0 Å². The number of nitrogens with zero attached hydrogens (tertiary/aromatic N) is 1. The number of amides is 3. The topological polar surface area (TPSA) is 87.7 Å². The second-order valence-corrected chi connectivity index (χ2v) is 8.42. The zero-order chi connectivity index (χ0) is 23.1. The lowest BCUT2D eigenvalue weighted by Crippen LogP contribution is -2.49. The Morgan fingerprint density at radius 3 is 2.28 bits per heavy atom. The van der Waals surface area contributed by atoms with Crippen LogP contribution in [0.2, 0.25) is 0 Å². The number of nitrogens with one attached hydrogen (secondary N) is 2. The van der Waals surface area contributed by atoms with Crippen LogP contribution >= 0.6 is 12.8 Å². The maximum atomic E-state index is 13.3. The molecule has 0 heterocycles. The molecule has 2 N–H and O–H groups in total. The summed E-state index contributed by atoms with van der Waals surface area (Å²) >= 11 is 4.45. The molecule has 1 fully saturated rings. The molecular weight excluding hydrogens is 426 g/mol. The predicted octanol–water partition coefficient (Wildman–Crippen LogP) is 5.05. The van der Waals surface area contributed by atoms with Gasteiger partial charge in [0.2, 0.25) is 5.91 Å². The number of hydrogen-bond acceptors (Lipinski definition) is 5. The van der Waals surface area contributed by atoms with E-state index in [0.29, 0.717) is 11.3 Å². The summed E-state index contributed by atoms with van der Waals surface area (Å²) in [5, 5.41) is 5.73. The Labute approximate surface area is 194 Å². The highest BCUT2D eigenvalue weighted by atomic mass is 32.1. The fourth-order valence-electron chi connectivity index (χ4n) is 4.01. The first-order valence-electron chi connectivity index (χ1n) is 10.7. The normalized spacial score (nSPS) is 14.8. The van der Waals surface area contributed by atoms with Crippen LogP contribution in [0.15, 0.2) is 48.5 Å². The number of carbonyl (C=O) groups excluding carboxylic acids is 3. The molecule has 7 nitrogen and oxygen atoms in total. The largest absolute Gasteiger partial charge is 0.465 e. The molecule has 0 radical (unpaired) electrons. The number of methoxy groups -OCH3 is 1. The fourth-order valence-corrected chi connectivity index (χ4v) is 4.35. The number of aryl methyl sites for hydroxylation is 1. The Hall–Kier alpha value is -3.00. The molecule has 0 saturated heterocycles. The van der Waals surface area contributed by atoms with Gasteiger partial charge in [-0.05, 0) is 61.6 Å². The van der Waals surface area contributed by atoms with Crippen molar-refractivity contribution >= 4 is 42.1 Å². The van der Waals surface area contributed by atoms with Gasteiger partial charge in [-0.3, -0.25) is 9.10 Å². The van der Waals surface area contributed by atoms with E-state index in [9.17, 15) is 14.4 Å². The van der Waals surface area contributed by atoms with E-state index < -0.39 is 18.0 Å². The van der Waals surface area contributed by atoms with E-state index >= 15 is 0 Å². The van der Waals surface area contributed by atoms with Crippen molar-refractivity contribution < 1.29 is 19.1 Å². The van der Waals surface area contributed by atoms with Crippen molar-refractivity contribution in [2.45, 2.75) is 45.1 Å². The van der Waals surface area contributed by atoms with Crippen molar-refractivity contribution in [1.29, 1.82) is 0 Å². The molecular formula is C24H29N3O4S. The quantitative estimate of drug-likeness (QED) is 0.420. The first-order chi connectivity index (χ1) is 15.4. The van der Waals surface area contributed by atoms with Gasteiger partial charge in [0.05, 0.1) is 12.7 Å². The van der Waals surface area contributed by atoms with Gasteiger partial charge in [0.1, 0.15) is 6.04 Å². The van der Waals surface area contributed by atoms with E-state index in [0.717, 1.165) is 43.4 Å². The van der Waals surface area contributed by atoms with Gasteiger partial charge in [-0.25, -0.2) is 9.59 Å². The Bertz CT molecular complexity index is 958. The zero-order valence-electron chi connectivity index (χ0n) is 18.3. The van der Waals surface area contributed by atoms with E-state index in [2.05, 4.69) is 28.2 Å². The third-order valence-electron chi connectivity index (χ3n) is 5.80. The maximum absolute atomic E-state index is 13.3. The number of hydrogen-bond donors (Lipinski definition) is 3.